The molecule has 0 atom stereocenters. The summed E-state index contributed by atoms with van der Waals surface area (Å²) in [5.74, 6) is -29.5. The van der Waals surface area contributed by atoms with Crippen LogP contribution in [-0.2, 0) is 0 Å². The standard InChI is InChI=1S/C20H6BF10NO3/c22-8-10(24)14(28)18(15(29)11(8)25)33-21(35-20-7-4-2-1-3-6(7)5-32-20)34-19-16(30)12(26)9(23)13(27)17(19)31/h1-5,32H. The highest BCUT2D eigenvalue weighted by atomic mass is 19.2. The van der Waals surface area contributed by atoms with Crippen LogP contribution in [0.4, 0.5) is 43.9 Å². The summed E-state index contributed by atoms with van der Waals surface area (Å²) in [7, 11) is -2.85. The lowest BCUT2D eigenvalue weighted by molar-refractivity contribution is 0.259. The van der Waals surface area contributed by atoms with Crippen molar-refractivity contribution in [1.82, 2.24) is 4.98 Å². The Balaban J connectivity index is 1.82. The van der Waals surface area contributed by atoms with Crippen molar-refractivity contribution in [3.8, 4) is 17.4 Å². The number of halogens is 10. The Morgan fingerprint density at radius 2 is 0.914 bits per heavy atom. The number of nitrogens with one attached hydrogen (secondary N) is 1. The molecule has 0 saturated heterocycles. The number of hydrogen-bond acceptors (Lipinski definition) is 3. The minimum atomic E-state index is -2.85. The van der Waals surface area contributed by atoms with Gasteiger partial charge in [-0.15, -0.1) is 0 Å². The zero-order chi connectivity index (χ0) is 25.6. The Labute approximate surface area is 187 Å². The SMILES string of the molecule is Fc1c(F)c(F)c(OB(Oc2c(F)c(F)c(F)c(F)c2F)Oc2[nH]cc3ccccc23)c(F)c1F. The van der Waals surface area contributed by atoms with Crippen LogP contribution >= 0.6 is 0 Å². The zero-order valence-corrected chi connectivity index (χ0v) is 16.5. The summed E-state index contributed by atoms with van der Waals surface area (Å²) in [6, 6.07) is 5.99. The van der Waals surface area contributed by atoms with Gasteiger partial charge >= 0.3 is 7.32 Å². The van der Waals surface area contributed by atoms with Gasteiger partial charge in [0.05, 0.1) is 0 Å². The second-order valence-electron chi connectivity index (χ2n) is 6.65. The van der Waals surface area contributed by atoms with Gasteiger partial charge in [0.15, 0.2) is 17.4 Å². The van der Waals surface area contributed by atoms with Crippen LogP contribution in [0.1, 0.15) is 0 Å². The fourth-order valence-corrected chi connectivity index (χ4v) is 2.89. The van der Waals surface area contributed by atoms with Crippen LogP contribution in [0.2, 0.25) is 0 Å². The molecule has 0 unspecified atom stereocenters. The smallest absolute Gasteiger partial charge is 0.484 e. The lowest BCUT2D eigenvalue weighted by Gasteiger charge is -2.18. The molecule has 0 spiro atoms. The number of rotatable bonds is 6. The normalized spacial score (nSPS) is 11.1. The van der Waals surface area contributed by atoms with Crippen molar-refractivity contribution >= 4 is 18.1 Å². The van der Waals surface area contributed by atoms with Gasteiger partial charge in [-0.25, -0.2) is 26.3 Å². The van der Waals surface area contributed by atoms with Gasteiger partial charge in [0, 0.05) is 17.0 Å². The molecule has 0 saturated carbocycles. The average molecular weight is 509 g/mol. The lowest BCUT2D eigenvalue weighted by atomic mass is 10.1. The summed E-state index contributed by atoms with van der Waals surface area (Å²) >= 11 is 0. The fourth-order valence-electron chi connectivity index (χ4n) is 2.89. The number of H-pyrrole nitrogens is 1. The van der Waals surface area contributed by atoms with Crippen molar-refractivity contribution in [2.45, 2.75) is 0 Å². The molecule has 1 aromatic heterocycles. The molecule has 0 fully saturated rings. The van der Waals surface area contributed by atoms with E-state index in [-0.39, 0.29) is 5.39 Å². The van der Waals surface area contributed by atoms with Crippen molar-refractivity contribution in [3.63, 3.8) is 0 Å². The van der Waals surface area contributed by atoms with Gasteiger partial charge < -0.3 is 18.9 Å². The first-order valence-electron chi connectivity index (χ1n) is 9.11. The number of fused-ring (bicyclic) bond motifs is 1. The largest absolute Gasteiger partial charge is 0.865 e. The molecule has 0 aliphatic carbocycles. The Bertz CT molecular complexity index is 1330. The van der Waals surface area contributed by atoms with E-state index in [1.165, 1.54) is 24.4 Å². The average Bonchev–Trinajstić information content (AvgIpc) is 3.26. The van der Waals surface area contributed by atoms with Crippen LogP contribution < -0.4 is 14.0 Å². The van der Waals surface area contributed by atoms with E-state index >= 15 is 0 Å². The van der Waals surface area contributed by atoms with Crippen LogP contribution in [0.3, 0.4) is 0 Å². The quantitative estimate of drug-likeness (QED) is 0.148. The Morgan fingerprint density at radius 3 is 1.37 bits per heavy atom. The first kappa shape index (κ1) is 24.1. The van der Waals surface area contributed by atoms with Crippen molar-refractivity contribution in [1.29, 1.82) is 0 Å². The van der Waals surface area contributed by atoms with Gasteiger partial charge in [-0.2, -0.15) is 17.6 Å². The third kappa shape index (κ3) is 4.06. The fraction of sp³-hybridized carbons (Fsp3) is 0. The van der Waals surface area contributed by atoms with Crippen molar-refractivity contribution in [2.75, 3.05) is 0 Å². The summed E-state index contributed by atoms with van der Waals surface area (Å²) in [6.07, 6.45) is 1.30. The van der Waals surface area contributed by atoms with Crippen molar-refractivity contribution in [2.24, 2.45) is 0 Å². The minimum Gasteiger partial charge on any atom is -0.484 e. The number of aromatic nitrogens is 1. The van der Waals surface area contributed by atoms with Crippen LogP contribution in [0.25, 0.3) is 10.8 Å². The lowest BCUT2D eigenvalue weighted by Crippen LogP contribution is -2.38. The number of benzene rings is 3. The molecule has 0 aliphatic heterocycles. The summed E-state index contributed by atoms with van der Waals surface area (Å²) in [5, 5.41) is 0.633. The van der Waals surface area contributed by atoms with E-state index in [0.717, 1.165) is 0 Å². The van der Waals surface area contributed by atoms with Crippen molar-refractivity contribution in [3.05, 3.63) is 88.6 Å². The van der Waals surface area contributed by atoms with Crippen molar-refractivity contribution < 1.29 is 57.9 Å². The Kier molecular flexibility index (Phi) is 6.17. The highest BCUT2D eigenvalue weighted by Gasteiger charge is 2.40. The minimum absolute atomic E-state index is 0.194. The van der Waals surface area contributed by atoms with E-state index in [2.05, 4.69) is 14.3 Å². The predicted octanol–water partition coefficient (Wildman–Crippen LogP) is 6.08. The molecule has 0 bridgehead atoms. The first-order valence-corrected chi connectivity index (χ1v) is 9.11. The monoisotopic (exact) mass is 509 g/mol. The van der Waals surface area contributed by atoms with E-state index in [1.807, 2.05) is 0 Å². The molecule has 35 heavy (non-hydrogen) atoms. The predicted molar refractivity (Wildman–Crippen MR) is 98.4 cm³/mol. The second kappa shape index (κ2) is 8.96. The maximum Gasteiger partial charge on any atom is 0.865 e. The van der Waals surface area contributed by atoms with E-state index in [9.17, 15) is 43.9 Å². The van der Waals surface area contributed by atoms with Gasteiger partial charge in [0.1, 0.15) is 0 Å². The zero-order valence-electron chi connectivity index (χ0n) is 16.5. The summed E-state index contributed by atoms with van der Waals surface area (Å²) in [6.45, 7) is 0. The highest BCUT2D eigenvalue weighted by molar-refractivity contribution is 6.39. The van der Waals surface area contributed by atoms with E-state index < -0.39 is 82.9 Å². The molecule has 0 amide bonds. The Morgan fingerprint density at radius 1 is 0.514 bits per heavy atom. The summed E-state index contributed by atoms with van der Waals surface area (Å²) < 4.78 is 151. The van der Waals surface area contributed by atoms with Gasteiger partial charge in [0.2, 0.25) is 58.2 Å². The number of hydrogen-bond donors (Lipinski definition) is 1. The van der Waals surface area contributed by atoms with Crippen LogP contribution in [-0.4, -0.2) is 12.3 Å². The molecule has 15 heteroatoms. The third-order valence-corrected chi connectivity index (χ3v) is 4.55. The maximum absolute atomic E-state index is 14.1. The van der Waals surface area contributed by atoms with E-state index in [0.29, 0.717) is 5.39 Å². The van der Waals surface area contributed by atoms with Crippen LogP contribution in [0, 0.1) is 58.2 Å². The third-order valence-electron chi connectivity index (χ3n) is 4.55. The number of aromatic amines is 1. The molecule has 3 aromatic carbocycles. The molecular weight excluding hydrogens is 503 g/mol. The molecule has 4 rings (SSSR count). The van der Waals surface area contributed by atoms with Gasteiger partial charge in [-0.1, -0.05) is 18.2 Å². The van der Waals surface area contributed by atoms with Crippen LogP contribution in [0.5, 0.6) is 17.4 Å². The highest BCUT2D eigenvalue weighted by Crippen LogP contribution is 2.33. The topological polar surface area (TPSA) is 43.5 Å². The molecule has 0 radical (unpaired) electrons. The van der Waals surface area contributed by atoms with E-state index in [1.54, 1.807) is 6.07 Å². The molecule has 0 aliphatic rings. The Hall–Kier alpha value is -4.04. The molecule has 182 valence electrons. The molecule has 4 nitrogen and oxygen atoms in total. The summed E-state index contributed by atoms with van der Waals surface area (Å²) in [5.41, 5.74) is 0. The first-order chi connectivity index (χ1) is 16.5. The molecular formula is C20H6BF10NO3. The van der Waals surface area contributed by atoms with Gasteiger partial charge in [0.25, 0.3) is 0 Å². The van der Waals surface area contributed by atoms with E-state index in [4.69, 9.17) is 4.65 Å². The van der Waals surface area contributed by atoms with Crippen LogP contribution in [0.15, 0.2) is 30.5 Å². The maximum atomic E-state index is 14.1. The molecule has 1 heterocycles. The van der Waals surface area contributed by atoms with Gasteiger partial charge in [-0.3, -0.25) is 0 Å². The van der Waals surface area contributed by atoms with Gasteiger partial charge in [-0.05, 0) is 6.07 Å². The summed E-state index contributed by atoms with van der Waals surface area (Å²) in [4.78, 5) is 2.46. The molecule has 1 N–H and O–H groups in total. The second-order valence-corrected chi connectivity index (χ2v) is 6.65. The molecule has 4 aromatic rings.